The SMILES string of the molecule is CC(C)N1Cc2cc(S(C)(=O)=O)ccc2N(CCN2CC[C@@H](c3c[nH]c4cc(F)ccc34)C[C@@H]2C)S1(=O)=O. The highest BCUT2D eigenvalue weighted by molar-refractivity contribution is 7.91. The molecule has 0 saturated carbocycles. The van der Waals surface area contributed by atoms with E-state index >= 15 is 0 Å². The van der Waals surface area contributed by atoms with Gasteiger partial charge in [-0.25, -0.2) is 12.8 Å². The van der Waals surface area contributed by atoms with Gasteiger partial charge in [0.1, 0.15) is 5.82 Å². The summed E-state index contributed by atoms with van der Waals surface area (Å²) in [6.07, 6.45) is 4.99. The number of nitrogens with zero attached hydrogens (tertiary/aromatic N) is 3. The summed E-state index contributed by atoms with van der Waals surface area (Å²) in [5.74, 6) is 0.0812. The van der Waals surface area contributed by atoms with Crippen molar-refractivity contribution in [3.63, 3.8) is 0 Å². The largest absolute Gasteiger partial charge is 0.361 e. The molecule has 2 atom stereocenters. The van der Waals surface area contributed by atoms with Crippen molar-refractivity contribution in [2.24, 2.45) is 0 Å². The van der Waals surface area contributed by atoms with E-state index in [1.807, 2.05) is 26.1 Å². The molecule has 3 heterocycles. The quantitative estimate of drug-likeness (QED) is 0.485. The number of likely N-dealkylation sites (tertiary alicyclic amines) is 1. The molecule has 0 spiro atoms. The van der Waals surface area contributed by atoms with Crippen LogP contribution in [0.15, 0.2) is 47.5 Å². The molecule has 38 heavy (non-hydrogen) atoms. The van der Waals surface area contributed by atoms with Crippen LogP contribution in [0, 0.1) is 5.82 Å². The second-order valence-electron chi connectivity index (χ2n) is 10.8. The van der Waals surface area contributed by atoms with Gasteiger partial charge >= 0.3 is 10.2 Å². The summed E-state index contributed by atoms with van der Waals surface area (Å²) in [7, 11) is -7.17. The second-order valence-corrected chi connectivity index (χ2v) is 14.6. The van der Waals surface area contributed by atoms with Crippen molar-refractivity contribution in [3.8, 4) is 0 Å². The van der Waals surface area contributed by atoms with Crippen LogP contribution in [0.5, 0.6) is 0 Å². The normalized spacial score (nSPS) is 22.7. The standard InChI is InChI=1S/C27H35FN4O4S2/c1-18(2)32-17-21-14-23(37(4,33)34)6-8-27(21)31(38(32,35)36)12-11-30-10-9-20(13-19(30)3)25-16-29-26-15-22(28)5-7-24(25)26/h5-8,14-16,18-20,29H,9-13,17H2,1-4H3/t19-,20+/m0/s1. The number of aromatic nitrogens is 1. The topological polar surface area (TPSA) is 93.8 Å². The van der Waals surface area contributed by atoms with Crippen molar-refractivity contribution in [3.05, 3.63) is 59.5 Å². The molecule has 3 aromatic rings. The highest BCUT2D eigenvalue weighted by Gasteiger charge is 2.39. The lowest BCUT2D eigenvalue weighted by Gasteiger charge is -2.42. The number of hydrogen-bond donors (Lipinski definition) is 1. The molecular weight excluding hydrogens is 527 g/mol. The fourth-order valence-electron chi connectivity index (χ4n) is 5.86. The molecule has 206 valence electrons. The molecule has 0 unspecified atom stereocenters. The Bertz CT molecular complexity index is 1570. The van der Waals surface area contributed by atoms with Crippen LogP contribution in [0.2, 0.25) is 0 Å². The number of anilines is 1. The number of fused-ring (bicyclic) bond motifs is 2. The number of benzene rings is 2. The van der Waals surface area contributed by atoms with Gasteiger partial charge in [0, 0.05) is 55.1 Å². The Kier molecular flexibility index (Phi) is 7.08. The van der Waals surface area contributed by atoms with Crippen molar-refractivity contribution in [2.75, 3.05) is 30.2 Å². The minimum absolute atomic E-state index is 0.144. The van der Waals surface area contributed by atoms with Gasteiger partial charge in [-0.1, -0.05) is 0 Å². The fraction of sp³-hybridized carbons (Fsp3) is 0.481. The van der Waals surface area contributed by atoms with Crippen molar-refractivity contribution < 1.29 is 21.2 Å². The number of halogens is 1. The van der Waals surface area contributed by atoms with E-state index in [-0.39, 0.29) is 35.9 Å². The van der Waals surface area contributed by atoms with E-state index in [1.54, 1.807) is 12.1 Å². The van der Waals surface area contributed by atoms with Crippen LogP contribution in [0.1, 0.15) is 50.7 Å². The smallest absolute Gasteiger partial charge is 0.304 e. The lowest BCUT2D eigenvalue weighted by atomic mass is 9.85. The van der Waals surface area contributed by atoms with Crippen LogP contribution in [0.25, 0.3) is 10.9 Å². The Morgan fingerprint density at radius 3 is 2.58 bits per heavy atom. The molecule has 1 N–H and O–H groups in total. The fourth-order valence-corrected chi connectivity index (χ4v) is 8.36. The third kappa shape index (κ3) is 4.97. The Morgan fingerprint density at radius 1 is 1.13 bits per heavy atom. The van der Waals surface area contributed by atoms with Gasteiger partial charge in [-0.15, -0.1) is 0 Å². The van der Waals surface area contributed by atoms with Crippen LogP contribution in [0.3, 0.4) is 0 Å². The third-order valence-electron chi connectivity index (χ3n) is 7.94. The van der Waals surface area contributed by atoms with Gasteiger partial charge in [-0.2, -0.15) is 12.7 Å². The Labute approximate surface area is 224 Å². The van der Waals surface area contributed by atoms with Crippen LogP contribution in [-0.4, -0.2) is 69.0 Å². The van der Waals surface area contributed by atoms with E-state index in [9.17, 15) is 21.2 Å². The zero-order valence-corrected chi connectivity index (χ0v) is 23.8. The van der Waals surface area contributed by atoms with E-state index in [2.05, 4.69) is 16.8 Å². The zero-order chi connectivity index (χ0) is 27.4. The summed E-state index contributed by atoms with van der Waals surface area (Å²) in [4.78, 5) is 5.70. The van der Waals surface area contributed by atoms with Gasteiger partial charge in [-0.05, 0) is 93.6 Å². The van der Waals surface area contributed by atoms with Crippen molar-refractivity contribution in [1.29, 1.82) is 0 Å². The highest BCUT2D eigenvalue weighted by atomic mass is 32.2. The number of hydrogen-bond acceptors (Lipinski definition) is 5. The Hall–Kier alpha value is -2.47. The average Bonchev–Trinajstić information content (AvgIpc) is 3.25. The number of piperidine rings is 1. The zero-order valence-electron chi connectivity index (χ0n) is 22.2. The van der Waals surface area contributed by atoms with E-state index < -0.39 is 20.0 Å². The van der Waals surface area contributed by atoms with Crippen LogP contribution in [0.4, 0.5) is 10.1 Å². The molecule has 1 saturated heterocycles. The number of aromatic amines is 1. The molecule has 1 aromatic heterocycles. The molecule has 5 rings (SSSR count). The van der Waals surface area contributed by atoms with E-state index in [0.29, 0.717) is 23.7 Å². The van der Waals surface area contributed by atoms with Crippen molar-refractivity contribution >= 4 is 36.6 Å². The maximum absolute atomic E-state index is 13.6. The molecule has 1 fully saturated rings. The summed E-state index contributed by atoms with van der Waals surface area (Å²) in [6, 6.07) is 9.53. The monoisotopic (exact) mass is 562 g/mol. The van der Waals surface area contributed by atoms with Gasteiger partial charge in [0.2, 0.25) is 0 Å². The first-order valence-electron chi connectivity index (χ1n) is 13.0. The number of sulfone groups is 1. The predicted molar refractivity (Wildman–Crippen MR) is 148 cm³/mol. The van der Waals surface area contributed by atoms with Gasteiger partial charge in [0.25, 0.3) is 0 Å². The summed E-state index contributed by atoms with van der Waals surface area (Å²) in [6.45, 7) is 7.62. The van der Waals surface area contributed by atoms with Crippen LogP contribution in [-0.2, 0) is 26.6 Å². The molecular formula is C27H35FN4O4S2. The van der Waals surface area contributed by atoms with Gasteiger partial charge in [0.05, 0.1) is 10.6 Å². The predicted octanol–water partition coefficient (Wildman–Crippen LogP) is 4.25. The molecule has 0 bridgehead atoms. The Balaban J connectivity index is 1.34. The first-order valence-corrected chi connectivity index (χ1v) is 16.3. The minimum Gasteiger partial charge on any atom is -0.361 e. The van der Waals surface area contributed by atoms with Crippen molar-refractivity contribution in [2.45, 2.75) is 63.1 Å². The highest BCUT2D eigenvalue weighted by Crippen LogP contribution is 2.37. The number of H-pyrrole nitrogens is 1. The lowest BCUT2D eigenvalue weighted by Crippen LogP contribution is -2.53. The second kappa shape index (κ2) is 9.93. The summed E-state index contributed by atoms with van der Waals surface area (Å²) in [5.41, 5.74) is 3.24. The van der Waals surface area contributed by atoms with Crippen LogP contribution < -0.4 is 4.31 Å². The van der Waals surface area contributed by atoms with E-state index in [1.165, 1.54) is 32.4 Å². The average molecular weight is 563 g/mol. The maximum atomic E-state index is 13.6. The van der Waals surface area contributed by atoms with Gasteiger partial charge in [-0.3, -0.25) is 9.21 Å². The molecule has 0 amide bonds. The minimum atomic E-state index is -3.76. The van der Waals surface area contributed by atoms with Gasteiger partial charge in [0.15, 0.2) is 9.84 Å². The molecule has 2 aromatic carbocycles. The molecule has 0 aliphatic carbocycles. The lowest BCUT2D eigenvalue weighted by molar-refractivity contribution is 0.151. The molecule has 11 heteroatoms. The molecule has 2 aliphatic rings. The number of rotatable bonds is 6. The third-order valence-corrected chi connectivity index (χ3v) is 11.1. The van der Waals surface area contributed by atoms with Crippen LogP contribution >= 0.6 is 0 Å². The summed E-state index contributed by atoms with van der Waals surface area (Å²) in [5, 5.41) is 1.05. The van der Waals surface area contributed by atoms with Gasteiger partial charge < -0.3 is 4.98 Å². The summed E-state index contributed by atoms with van der Waals surface area (Å²) >= 11 is 0. The van der Waals surface area contributed by atoms with E-state index in [4.69, 9.17) is 0 Å². The molecule has 2 aliphatic heterocycles. The van der Waals surface area contributed by atoms with Crippen molar-refractivity contribution in [1.82, 2.24) is 14.2 Å². The maximum Gasteiger partial charge on any atom is 0.304 e. The van der Waals surface area contributed by atoms with E-state index in [0.717, 1.165) is 36.5 Å². The molecule has 8 nitrogen and oxygen atoms in total. The molecule has 0 radical (unpaired) electrons. The summed E-state index contributed by atoms with van der Waals surface area (Å²) < 4.78 is 68.0. The first-order chi connectivity index (χ1) is 17.9. The first kappa shape index (κ1) is 27.1. The Morgan fingerprint density at radius 2 is 1.89 bits per heavy atom. The number of nitrogens with one attached hydrogen (secondary N) is 1.